The molecule has 1 aliphatic heterocycles. The van der Waals surface area contributed by atoms with Crippen LogP contribution in [0, 0.1) is 19.8 Å². The van der Waals surface area contributed by atoms with Crippen LogP contribution in [0.1, 0.15) is 17.5 Å². The van der Waals surface area contributed by atoms with Crippen LogP contribution in [-0.4, -0.2) is 38.1 Å². The number of aryl methyl sites for hydroxylation is 2. The number of aromatic nitrogens is 4. The van der Waals surface area contributed by atoms with Gasteiger partial charge in [0.2, 0.25) is 17.8 Å². The van der Waals surface area contributed by atoms with Crippen molar-refractivity contribution in [2.24, 2.45) is 5.92 Å². The van der Waals surface area contributed by atoms with E-state index in [2.05, 4.69) is 20.4 Å². The SMILES string of the molecule is Cc1ccc(N2CC(C(=O)Nc3cc(-c4ccco4)nn3-c3nc(-c4ccccc4)cc(=O)[nH]3)CC2=O)cc1C. The highest BCUT2D eigenvalue weighted by molar-refractivity contribution is 6.03. The molecule has 2 aromatic carbocycles. The third kappa shape index (κ3) is 4.82. The van der Waals surface area contributed by atoms with E-state index in [9.17, 15) is 14.4 Å². The van der Waals surface area contributed by atoms with Gasteiger partial charge in [-0.05, 0) is 49.2 Å². The standard InChI is InChI=1S/C30H26N6O4/c1-18-10-11-22(13-19(18)2)35-17-21(14-28(35)38)29(39)32-26-15-24(25-9-6-12-40-25)34-36(26)30-31-23(16-27(37)33-30)20-7-4-3-5-8-20/h3-13,15-16,21H,14,17H2,1-2H3,(H,32,39)(H,31,33,37). The summed E-state index contributed by atoms with van der Waals surface area (Å²) in [4.78, 5) is 47.9. The molecule has 2 amide bonds. The molecule has 1 saturated heterocycles. The zero-order valence-electron chi connectivity index (χ0n) is 21.9. The molecule has 1 fully saturated rings. The van der Waals surface area contributed by atoms with Gasteiger partial charge < -0.3 is 14.6 Å². The molecular weight excluding hydrogens is 508 g/mol. The van der Waals surface area contributed by atoms with Crippen molar-refractivity contribution < 1.29 is 14.0 Å². The van der Waals surface area contributed by atoms with Crippen molar-refractivity contribution in [2.75, 3.05) is 16.8 Å². The normalized spacial score (nSPS) is 15.0. The summed E-state index contributed by atoms with van der Waals surface area (Å²) in [6, 6.07) is 21.6. The van der Waals surface area contributed by atoms with E-state index in [0.717, 1.165) is 22.4 Å². The molecule has 0 spiro atoms. The molecule has 6 rings (SSSR count). The minimum Gasteiger partial charge on any atom is -0.463 e. The monoisotopic (exact) mass is 534 g/mol. The molecule has 1 unspecified atom stereocenters. The van der Waals surface area contributed by atoms with Crippen molar-refractivity contribution in [3.8, 4) is 28.7 Å². The van der Waals surface area contributed by atoms with Crippen LogP contribution in [-0.2, 0) is 9.59 Å². The molecule has 40 heavy (non-hydrogen) atoms. The number of rotatable bonds is 6. The van der Waals surface area contributed by atoms with Gasteiger partial charge in [-0.25, -0.2) is 4.98 Å². The lowest BCUT2D eigenvalue weighted by Gasteiger charge is -2.18. The Morgan fingerprint density at radius 1 is 0.975 bits per heavy atom. The summed E-state index contributed by atoms with van der Waals surface area (Å²) in [5.41, 5.74) is 4.26. The van der Waals surface area contributed by atoms with Crippen LogP contribution in [0.3, 0.4) is 0 Å². The average molecular weight is 535 g/mol. The highest BCUT2D eigenvalue weighted by Crippen LogP contribution is 2.29. The van der Waals surface area contributed by atoms with Gasteiger partial charge in [-0.2, -0.15) is 9.78 Å². The Kier molecular flexibility index (Phi) is 6.35. The lowest BCUT2D eigenvalue weighted by atomic mass is 10.1. The maximum absolute atomic E-state index is 13.4. The summed E-state index contributed by atoms with van der Waals surface area (Å²) in [5, 5.41) is 7.48. The second-order valence-corrected chi connectivity index (χ2v) is 9.79. The Morgan fingerprint density at radius 2 is 1.80 bits per heavy atom. The van der Waals surface area contributed by atoms with Crippen LogP contribution < -0.4 is 15.8 Å². The number of amides is 2. The number of H-pyrrole nitrogens is 1. The van der Waals surface area contributed by atoms with Crippen molar-refractivity contribution in [3.63, 3.8) is 0 Å². The zero-order valence-corrected chi connectivity index (χ0v) is 21.9. The fraction of sp³-hybridized carbons (Fsp3) is 0.167. The quantitative estimate of drug-likeness (QED) is 0.331. The molecule has 3 aromatic heterocycles. The summed E-state index contributed by atoms with van der Waals surface area (Å²) >= 11 is 0. The van der Waals surface area contributed by atoms with Gasteiger partial charge in [0, 0.05) is 36.3 Å². The van der Waals surface area contributed by atoms with Gasteiger partial charge in [0.1, 0.15) is 11.5 Å². The van der Waals surface area contributed by atoms with E-state index >= 15 is 0 Å². The molecule has 200 valence electrons. The number of carbonyl (C=O) groups is 2. The average Bonchev–Trinajstić information content (AvgIpc) is 3.71. The van der Waals surface area contributed by atoms with Crippen LogP contribution in [0.15, 0.2) is 88.3 Å². The fourth-order valence-corrected chi connectivity index (χ4v) is 4.73. The minimum atomic E-state index is -0.577. The number of nitrogens with zero attached hydrogens (tertiary/aromatic N) is 4. The third-order valence-corrected chi connectivity index (χ3v) is 7.03. The van der Waals surface area contributed by atoms with E-state index in [0.29, 0.717) is 17.1 Å². The minimum absolute atomic E-state index is 0.0799. The first kappa shape index (κ1) is 25.1. The Bertz CT molecular complexity index is 1770. The molecule has 0 aliphatic carbocycles. The second-order valence-electron chi connectivity index (χ2n) is 9.79. The van der Waals surface area contributed by atoms with Gasteiger partial charge in [-0.15, -0.1) is 0 Å². The summed E-state index contributed by atoms with van der Waals surface area (Å²) in [7, 11) is 0. The second kappa shape index (κ2) is 10.1. The van der Waals surface area contributed by atoms with E-state index in [1.165, 1.54) is 17.0 Å². The Morgan fingerprint density at radius 3 is 2.55 bits per heavy atom. The molecule has 10 heteroatoms. The highest BCUT2D eigenvalue weighted by atomic mass is 16.3. The summed E-state index contributed by atoms with van der Waals surface area (Å²) < 4.78 is 6.87. The molecular formula is C30H26N6O4. The van der Waals surface area contributed by atoms with Crippen molar-refractivity contribution in [2.45, 2.75) is 20.3 Å². The van der Waals surface area contributed by atoms with Crippen molar-refractivity contribution in [1.29, 1.82) is 0 Å². The van der Waals surface area contributed by atoms with Crippen LogP contribution >= 0.6 is 0 Å². The maximum Gasteiger partial charge on any atom is 0.252 e. The number of benzene rings is 2. The number of furan rings is 1. The number of hydrogen-bond acceptors (Lipinski definition) is 6. The molecule has 0 saturated carbocycles. The first-order chi connectivity index (χ1) is 19.4. The molecule has 1 atom stereocenters. The van der Waals surface area contributed by atoms with Crippen LogP contribution in [0.4, 0.5) is 11.5 Å². The fourth-order valence-electron chi connectivity index (χ4n) is 4.73. The Hall–Kier alpha value is -5.25. The van der Waals surface area contributed by atoms with Crippen LogP contribution in [0.25, 0.3) is 28.7 Å². The summed E-state index contributed by atoms with van der Waals surface area (Å²) in [5.74, 6) is -0.149. The lowest BCUT2D eigenvalue weighted by Crippen LogP contribution is -2.29. The zero-order chi connectivity index (χ0) is 27.8. The van der Waals surface area contributed by atoms with Crippen LogP contribution in [0.2, 0.25) is 0 Å². The smallest absolute Gasteiger partial charge is 0.252 e. The predicted octanol–water partition coefficient (Wildman–Crippen LogP) is 4.49. The highest BCUT2D eigenvalue weighted by Gasteiger charge is 2.36. The number of anilines is 2. The Labute approximate surface area is 229 Å². The number of nitrogens with one attached hydrogen (secondary N) is 2. The van der Waals surface area contributed by atoms with E-state index in [1.807, 2.05) is 62.4 Å². The van der Waals surface area contributed by atoms with Crippen molar-refractivity contribution in [3.05, 3.63) is 101 Å². The number of carbonyl (C=O) groups excluding carboxylic acids is 2. The van der Waals surface area contributed by atoms with Gasteiger partial charge in [0.25, 0.3) is 5.56 Å². The first-order valence-corrected chi connectivity index (χ1v) is 12.9. The van der Waals surface area contributed by atoms with Gasteiger partial charge >= 0.3 is 0 Å². The molecule has 10 nitrogen and oxygen atoms in total. The topological polar surface area (TPSA) is 126 Å². The number of hydrogen-bond donors (Lipinski definition) is 2. The maximum atomic E-state index is 13.4. The molecule has 2 N–H and O–H groups in total. The first-order valence-electron chi connectivity index (χ1n) is 12.9. The summed E-state index contributed by atoms with van der Waals surface area (Å²) in [6.45, 7) is 4.26. The van der Waals surface area contributed by atoms with E-state index in [-0.39, 0.29) is 42.1 Å². The van der Waals surface area contributed by atoms with Gasteiger partial charge in [-0.1, -0.05) is 36.4 Å². The van der Waals surface area contributed by atoms with E-state index in [1.54, 1.807) is 23.1 Å². The van der Waals surface area contributed by atoms with Crippen molar-refractivity contribution in [1.82, 2.24) is 19.7 Å². The molecule has 4 heterocycles. The number of aromatic amines is 1. The molecule has 1 aliphatic rings. The molecule has 5 aromatic rings. The van der Waals surface area contributed by atoms with E-state index < -0.39 is 5.92 Å². The lowest BCUT2D eigenvalue weighted by molar-refractivity contribution is -0.122. The van der Waals surface area contributed by atoms with Gasteiger partial charge in [0.05, 0.1) is 17.9 Å². The predicted molar refractivity (Wildman–Crippen MR) is 150 cm³/mol. The largest absolute Gasteiger partial charge is 0.463 e. The van der Waals surface area contributed by atoms with E-state index in [4.69, 9.17) is 4.42 Å². The Balaban J connectivity index is 1.32. The molecule has 0 bridgehead atoms. The third-order valence-electron chi connectivity index (χ3n) is 7.03. The van der Waals surface area contributed by atoms with Crippen LogP contribution in [0.5, 0.6) is 0 Å². The van der Waals surface area contributed by atoms with Gasteiger partial charge in [-0.3, -0.25) is 19.4 Å². The van der Waals surface area contributed by atoms with Crippen molar-refractivity contribution >= 4 is 23.3 Å². The molecule has 0 radical (unpaired) electrons. The summed E-state index contributed by atoms with van der Waals surface area (Å²) in [6.07, 6.45) is 1.60. The van der Waals surface area contributed by atoms with Gasteiger partial charge in [0.15, 0.2) is 5.76 Å².